The molecule has 0 unspecified atom stereocenters. The monoisotopic (exact) mass is 467 g/mol. The number of nitrogens with zero attached hydrogens (tertiary/aromatic N) is 5. The topological polar surface area (TPSA) is 59.4 Å². The maximum atomic E-state index is 9.32. The van der Waals surface area contributed by atoms with E-state index in [2.05, 4.69) is 50.6 Å². The lowest BCUT2D eigenvalue weighted by atomic mass is 10.2. The fraction of sp³-hybridized carbons (Fsp3) is 0.227. The molecule has 0 spiro atoms. The van der Waals surface area contributed by atoms with E-state index in [1.165, 1.54) is 0 Å². The number of fused-ring (bicyclic) bond motifs is 1. The Kier molecular flexibility index (Phi) is 5.70. The molecule has 4 aromatic rings. The summed E-state index contributed by atoms with van der Waals surface area (Å²) < 4.78 is 4.90. The summed E-state index contributed by atoms with van der Waals surface area (Å²) in [5.74, 6) is 1.03. The van der Waals surface area contributed by atoms with E-state index in [-0.39, 0.29) is 0 Å². The number of halogens is 2. The maximum absolute atomic E-state index is 9.32. The van der Waals surface area contributed by atoms with Crippen LogP contribution in [0.1, 0.15) is 36.8 Å². The van der Waals surface area contributed by atoms with Crippen molar-refractivity contribution in [3.05, 3.63) is 75.4 Å². The highest BCUT2D eigenvalue weighted by atomic mass is 79.9. The molecule has 1 aromatic carbocycles. The van der Waals surface area contributed by atoms with E-state index in [4.69, 9.17) is 16.6 Å². The molecule has 0 N–H and O–H groups in total. The van der Waals surface area contributed by atoms with E-state index < -0.39 is 0 Å². The van der Waals surface area contributed by atoms with Crippen LogP contribution in [0.25, 0.3) is 16.9 Å². The van der Waals surface area contributed by atoms with Crippen LogP contribution in [-0.2, 0) is 13.0 Å². The van der Waals surface area contributed by atoms with Crippen molar-refractivity contribution in [2.45, 2.75) is 32.7 Å². The first kappa shape index (κ1) is 19.7. The normalized spacial score (nSPS) is 11.1. The van der Waals surface area contributed by atoms with E-state index in [1.807, 2.05) is 29.0 Å². The van der Waals surface area contributed by atoms with Gasteiger partial charge < -0.3 is 9.13 Å². The van der Waals surface area contributed by atoms with Crippen LogP contribution < -0.4 is 0 Å². The molecule has 3 heterocycles. The Morgan fingerprint density at radius 2 is 1.93 bits per heavy atom. The van der Waals surface area contributed by atoms with Crippen molar-refractivity contribution < 1.29 is 0 Å². The minimum atomic E-state index is 0.471. The Morgan fingerprint density at radius 3 is 2.66 bits per heavy atom. The molecule has 146 valence electrons. The Balaban J connectivity index is 1.68. The first-order valence-electron chi connectivity index (χ1n) is 9.48. The summed E-state index contributed by atoms with van der Waals surface area (Å²) in [6.45, 7) is 2.85. The number of hydrogen-bond donors (Lipinski definition) is 0. The van der Waals surface area contributed by atoms with Crippen LogP contribution in [0, 0.1) is 11.3 Å². The number of pyridine rings is 1. The van der Waals surface area contributed by atoms with E-state index >= 15 is 0 Å². The minimum absolute atomic E-state index is 0.471. The Labute approximate surface area is 182 Å². The molecule has 3 aromatic heterocycles. The van der Waals surface area contributed by atoms with Crippen molar-refractivity contribution in [2.24, 2.45) is 0 Å². The van der Waals surface area contributed by atoms with E-state index in [1.54, 1.807) is 12.1 Å². The third-order valence-corrected chi connectivity index (χ3v) is 5.49. The number of aromatic nitrogens is 4. The van der Waals surface area contributed by atoms with Crippen molar-refractivity contribution in [1.82, 2.24) is 19.1 Å². The number of hydrogen-bond acceptors (Lipinski definition) is 3. The highest BCUT2D eigenvalue weighted by molar-refractivity contribution is 9.10. The number of aryl methyl sites for hydroxylation is 1. The quantitative estimate of drug-likeness (QED) is 0.331. The number of unbranched alkanes of at least 4 members (excludes halogenated alkanes) is 1. The Hall–Kier alpha value is -2.62. The van der Waals surface area contributed by atoms with Crippen LogP contribution in [0.4, 0.5) is 0 Å². The van der Waals surface area contributed by atoms with Gasteiger partial charge in [-0.25, -0.2) is 9.97 Å². The molecule has 0 atom stereocenters. The van der Waals surface area contributed by atoms with Crippen LogP contribution in [0.15, 0.2) is 53.1 Å². The van der Waals surface area contributed by atoms with Gasteiger partial charge in [-0.15, -0.1) is 0 Å². The van der Waals surface area contributed by atoms with Gasteiger partial charge in [0.05, 0.1) is 6.54 Å². The van der Waals surface area contributed by atoms with Crippen molar-refractivity contribution in [3.63, 3.8) is 0 Å². The molecular weight excluding hydrogens is 450 g/mol. The Bertz CT molecular complexity index is 1200. The number of nitriles is 1. The van der Waals surface area contributed by atoms with Crippen molar-refractivity contribution >= 4 is 38.7 Å². The van der Waals surface area contributed by atoms with Gasteiger partial charge in [-0.2, -0.15) is 5.26 Å². The minimum Gasteiger partial charge on any atom is -0.308 e. The van der Waals surface area contributed by atoms with Gasteiger partial charge in [-0.05, 0) is 58.2 Å². The molecule has 0 saturated heterocycles. The molecule has 0 bridgehead atoms. The number of rotatable bonds is 6. The van der Waals surface area contributed by atoms with Crippen LogP contribution in [0.5, 0.6) is 0 Å². The largest absolute Gasteiger partial charge is 0.308 e. The van der Waals surface area contributed by atoms with E-state index in [0.717, 1.165) is 52.0 Å². The fourth-order valence-electron chi connectivity index (χ4n) is 3.39. The van der Waals surface area contributed by atoms with Crippen LogP contribution >= 0.6 is 27.5 Å². The summed E-state index contributed by atoms with van der Waals surface area (Å²) in [6, 6.07) is 15.9. The summed E-state index contributed by atoms with van der Waals surface area (Å²) in [7, 11) is 0. The molecule has 29 heavy (non-hydrogen) atoms. The van der Waals surface area contributed by atoms with Gasteiger partial charge in [-0.3, -0.25) is 0 Å². The average Bonchev–Trinajstić information content (AvgIpc) is 3.27. The third kappa shape index (κ3) is 4.07. The van der Waals surface area contributed by atoms with Gasteiger partial charge in [-0.1, -0.05) is 37.1 Å². The molecular formula is C22H19BrClN5. The summed E-state index contributed by atoms with van der Waals surface area (Å²) in [6.07, 6.45) is 4.99. The van der Waals surface area contributed by atoms with Crippen molar-refractivity contribution in [1.29, 1.82) is 5.26 Å². The number of imidazole rings is 1. The molecule has 7 heteroatoms. The van der Waals surface area contributed by atoms with Gasteiger partial charge >= 0.3 is 0 Å². The molecule has 0 fully saturated rings. The zero-order valence-electron chi connectivity index (χ0n) is 15.9. The van der Waals surface area contributed by atoms with Gasteiger partial charge in [0.25, 0.3) is 0 Å². The standard InChI is InChI=1S/C22H19BrClN5/c1-2-3-4-21-26-19-9-10-20(24)27-22(19)29(21)13-15-5-7-17(8-6-15)28-14-16(23)11-18(28)12-25/h5-11,14H,2-4,13H2,1H3. The Morgan fingerprint density at radius 1 is 1.14 bits per heavy atom. The predicted molar refractivity (Wildman–Crippen MR) is 118 cm³/mol. The SMILES string of the molecule is CCCCc1nc2ccc(Cl)nc2n1Cc1ccc(-n2cc(Br)cc2C#N)cc1. The highest BCUT2D eigenvalue weighted by Crippen LogP contribution is 2.22. The molecule has 0 radical (unpaired) electrons. The first-order chi connectivity index (χ1) is 14.1. The molecule has 0 aliphatic carbocycles. The van der Waals surface area contributed by atoms with Gasteiger partial charge in [0.15, 0.2) is 5.65 Å². The van der Waals surface area contributed by atoms with Gasteiger partial charge in [0.2, 0.25) is 0 Å². The van der Waals surface area contributed by atoms with Crippen LogP contribution in [-0.4, -0.2) is 19.1 Å². The lowest BCUT2D eigenvalue weighted by Gasteiger charge is -2.10. The van der Waals surface area contributed by atoms with Crippen molar-refractivity contribution in [2.75, 3.05) is 0 Å². The molecule has 0 saturated carbocycles. The van der Waals surface area contributed by atoms with Gasteiger partial charge in [0.1, 0.15) is 28.3 Å². The van der Waals surface area contributed by atoms with Gasteiger partial charge in [0, 0.05) is 22.8 Å². The zero-order valence-corrected chi connectivity index (χ0v) is 18.3. The van der Waals surface area contributed by atoms with E-state index in [0.29, 0.717) is 17.4 Å². The summed E-state index contributed by atoms with van der Waals surface area (Å²) in [5.41, 5.74) is 4.35. The molecule has 0 aliphatic rings. The average molecular weight is 469 g/mol. The predicted octanol–water partition coefficient (Wildman–Crippen LogP) is 5.90. The smallest absolute Gasteiger partial charge is 0.162 e. The zero-order chi connectivity index (χ0) is 20.4. The second kappa shape index (κ2) is 8.40. The van der Waals surface area contributed by atoms with E-state index in [9.17, 15) is 5.26 Å². The van der Waals surface area contributed by atoms with Crippen molar-refractivity contribution in [3.8, 4) is 11.8 Å². The van der Waals surface area contributed by atoms with Crippen LogP contribution in [0.2, 0.25) is 5.15 Å². The highest BCUT2D eigenvalue weighted by Gasteiger charge is 2.13. The summed E-state index contributed by atoms with van der Waals surface area (Å²) in [4.78, 5) is 9.29. The second-order valence-electron chi connectivity index (χ2n) is 6.89. The molecule has 4 rings (SSSR count). The molecule has 5 nitrogen and oxygen atoms in total. The second-order valence-corrected chi connectivity index (χ2v) is 8.19. The summed E-state index contributed by atoms with van der Waals surface area (Å²) >= 11 is 9.57. The molecule has 0 amide bonds. The number of benzene rings is 1. The lowest BCUT2D eigenvalue weighted by molar-refractivity contribution is 0.686. The molecule has 0 aliphatic heterocycles. The maximum Gasteiger partial charge on any atom is 0.162 e. The van der Waals surface area contributed by atoms with Crippen LogP contribution in [0.3, 0.4) is 0 Å². The third-order valence-electron chi connectivity index (χ3n) is 4.85. The fourth-order valence-corrected chi connectivity index (χ4v) is 3.96. The summed E-state index contributed by atoms with van der Waals surface area (Å²) in [5, 5.41) is 9.79. The first-order valence-corrected chi connectivity index (χ1v) is 10.6. The lowest BCUT2D eigenvalue weighted by Crippen LogP contribution is -2.06.